The summed E-state index contributed by atoms with van der Waals surface area (Å²) in [7, 11) is 11.1. The van der Waals surface area contributed by atoms with E-state index in [4.69, 9.17) is 0 Å². The molecule has 0 aliphatic carbocycles. The maximum Gasteiger partial charge on any atom is 0.132 e. The zero-order valence-electron chi connectivity index (χ0n) is 11.9. The van der Waals surface area contributed by atoms with Crippen LogP contribution in [-0.2, 0) is 0 Å². The van der Waals surface area contributed by atoms with Gasteiger partial charge in [-0.1, -0.05) is 36.7 Å². The minimum atomic E-state index is 0. The number of nitrogens with zero attached hydrogens (tertiary/aromatic N) is 3. The molecule has 10 heteroatoms. The molecule has 0 fully saturated rings. The predicted molar refractivity (Wildman–Crippen MR) is 112 cm³/mol. The molecule has 0 saturated heterocycles. The van der Waals surface area contributed by atoms with Crippen LogP contribution in [0.2, 0.25) is 0 Å². The summed E-state index contributed by atoms with van der Waals surface area (Å²) >= 11 is 25.4. The van der Waals surface area contributed by atoms with Crippen molar-refractivity contribution >= 4 is 114 Å². The molecule has 0 atom stereocenters. The van der Waals surface area contributed by atoms with Crippen LogP contribution in [0.4, 0.5) is 0 Å². The Morgan fingerprint density at radius 1 is 0.579 bits per heavy atom. The standard InChI is InChI=1S/3C3H7NS2.Bi/c3*1-4(2)3(5)6;/h3*1-2H3,(H,5,6);. The van der Waals surface area contributed by atoms with E-state index in [0.717, 1.165) is 0 Å². The van der Waals surface area contributed by atoms with E-state index in [1.807, 2.05) is 42.3 Å². The van der Waals surface area contributed by atoms with Crippen LogP contribution in [0.5, 0.6) is 0 Å². The maximum atomic E-state index is 4.61. The van der Waals surface area contributed by atoms with E-state index in [1.165, 1.54) is 0 Å². The van der Waals surface area contributed by atoms with Crippen LogP contribution in [0.25, 0.3) is 0 Å². The van der Waals surface area contributed by atoms with Crippen molar-refractivity contribution in [3.05, 3.63) is 0 Å². The Morgan fingerprint density at radius 2 is 0.632 bits per heavy atom. The van der Waals surface area contributed by atoms with Crippen molar-refractivity contribution in [2.45, 2.75) is 0 Å². The molecule has 0 rings (SSSR count). The molecule has 0 spiro atoms. The molecule has 0 aromatic heterocycles. The van der Waals surface area contributed by atoms with E-state index in [1.54, 1.807) is 14.7 Å². The van der Waals surface area contributed by atoms with Gasteiger partial charge in [-0.05, 0) is 0 Å². The van der Waals surface area contributed by atoms with E-state index >= 15 is 0 Å². The maximum absolute atomic E-state index is 4.61. The first-order chi connectivity index (χ1) is 7.93. The average Bonchev–Trinajstić information content (AvgIpc) is 2.18. The number of thiocarbonyl (C=S) groups is 3. The molecular formula is C9H21BiN3S6. The first-order valence-corrected chi connectivity index (χ1v) is 7.20. The molecule has 0 aliphatic heterocycles. The first-order valence-electron chi connectivity index (χ1n) is 4.64. The summed E-state index contributed by atoms with van der Waals surface area (Å²) in [5, 5.41) is 0. The molecule has 0 bridgehead atoms. The van der Waals surface area contributed by atoms with Gasteiger partial charge < -0.3 is 14.7 Å². The number of hydrogen-bond donors (Lipinski definition) is 3. The van der Waals surface area contributed by atoms with E-state index in [2.05, 4.69) is 74.5 Å². The molecule has 0 N–H and O–H groups in total. The van der Waals surface area contributed by atoms with E-state index in [9.17, 15) is 0 Å². The molecule has 0 unspecified atom stereocenters. The Bertz CT molecular complexity index is 228. The summed E-state index contributed by atoms with van der Waals surface area (Å²) in [6.45, 7) is 0. The van der Waals surface area contributed by atoms with E-state index in [0.29, 0.717) is 13.0 Å². The minimum Gasteiger partial charge on any atom is -0.364 e. The van der Waals surface area contributed by atoms with Gasteiger partial charge in [0.05, 0.1) is 0 Å². The van der Waals surface area contributed by atoms with Crippen molar-refractivity contribution in [3.63, 3.8) is 0 Å². The molecular weight excluding hydrogens is 552 g/mol. The first kappa shape index (κ1) is 28.7. The molecule has 0 heterocycles. The van der Waals surface area contributed by atoms with Gasteiger partial charge in [0.25, 0.3) is 0 Å². The third-order valence-electron chi connectivity index (χ3n) is 1.15. The summed E-state index contributed by atoms with van der Waals surface area (Å²) in [5.41, 5.74) is 0. The fourth-order valence-electron chi connectivity index (χ4n) is 0. The molecule has 0 saturated carbocycles. The third-order valence-corrected chi connectivity index (χ3v) is 3.44. The summed E-state index contributed by atoms with van der Waals surface area (Å²) in [4.78, 5) is 5.29. The summed E-state index contributed by atoms with van der Waals surface area (Å²) in [6, 6.07) is 0. The van der Waals surface area contributed by atoms with Gasteiger partial charge in [-0.15, -0.1) is 37.9 Å². The SMILES string of the molecule is CN(C)C(=S)S.CN(C)C(=S)S.CN(C)C(=S)S.[Bi]. The third kappa shape index (κ3) is 32.8. The van der Waals surface area contributed by atoms with Crippen LogP contribution in [0.15, 0.2) is 0 Å². The van der Waals surface area contributed by atoms with Crippen LogP contribution in [0.1, 0.15) is 0 Å². The van der Waals surface area contributed by atoms with Crippen LogP contribution >= 0.6 is 74.5 Å². The van der Waals surface area contributed by atoms with Crippen molar-refractivity contribution in [3.8, 4) is 0 Å². The van der Waals surface area contributed by atoms with E-state index < -0.39 is 0 Å². The number of rotatable bonds is 0. The molecule has 0 amide bonds. The molecule has 3 nitrogen and oxygen atoms in total. The van der Waals surface area contributed by atoms with Gasteiger partial charge in [0.15, 0.2) is 0 Å². The topological polar surface area (TPSA) is 9.72 Å². The van der Waals surface area contributed by atoms with Crippen molar-refractivity contribution in [1.29, 1.82) is 0 Å². The van der Waals surface area contributed by atoms with Gasteiger partial charge in [0, 0.05) is 68.5 Å². The Labute approximate surface area is 169 Å². The largest absolute Gasteiger partial charge is 0.364 e. The normalized spacial score (nSPS) is 7.42. The quantitative estimate of drug-likeness (QED) is 0.231. The fourth-order valence-corrected chi connectivity index (χ4v) is 0. The second kappa shape index (κ2) is 17.7. The van der Waals surface area contributed by atoms with Crippen LogP contribution in [0.3, 0.4) is 0 Å². The van der Waals surface area contributed by atoms with Gasteiger partial charge >= 0.3 is 0 Å². The van der Waals surface area contributed by atoms with Crippen LogP contribution < -0.4 is 0 Å². The molecule has 0 aromatic carbocycles. The van der Waals surface area contributed by atoms with Crippen LogP contribution in [0, 0.1) is 0 Å². The molecule has 3 radical (unpaired) electrons. The summed E-state index contributed by atoms with van der Waals surface area (Å²) in [6.07, 6.45) is 0. The van der Waals surface area contributed by atoms with Crippen LogP contribution in [-0.4, -0.2) is 96.2 Å². The van der Waals surface area contributed by atoms with Crippen molar-refractivity contribution < 1.29 is 0 Å². The second-order valence-corrected chi connectivity index (χ2v) is 6.87. The van der Waals surface area contributed by atoms with Gasteiger partial charge in [0.1, 0.15) is 13.0 Å². The second-order valence-electron chi connectivity index (χ2n) is 3.53. The van der Waals surface area contributed by atoms with Gasteiger partial charge in [0.2, 0.25) is 0 Å². The molecule has 0 aromatic rings. The fraction of sp³-hybridized carbons (Fsp3) is 0.667. The van der Waals surface area contributed by atoms with Crippen molar-refractivity contribution in [2.75, 3.05) is 42.3 Å². The average molecular weight is 573 g/mol. The van der Waals surface area contributed by atoms with Crippen molar-refractivity contribution in [1.82, 2.24) is 14.7 Å². The van der Waals surface area contributed by atoms with Gasteiger partial charge in [-0.2, -0.15) is 0 Å². The zero-order valence-corrected chi connectivity index (χ0v) is 20.5. The Balaban J connectivity index is -0.0000000865. The number of thiol groups is 3. The van der Waals surface area contributed by atoms with Gasteiger partial charge in [-0.3, -0.25) is 0 Å². The van der Waals surface area contributed by atoms with Crippen molar-refractivity contribution in [2.24, 2.45) is 0 Å². The summed E-state index contributed by atoms with van der Waals surface area (Å²) < 4.78 is 1.86. The summed E-state index contributed by atoms with van der Waals surface area (Å²) in [5.74, 6) is 0. The minimum absolute atomic E-state index is 0. The van der Waals surface area contributed by atoms with Gasteiger partial charge in [-0.25, -0.2) is 0 Å². The number of hydrogen-bond acceptors (Lipinski definition) is 3. The molecule has 113 valence electrons. The Morgan fingerprint density at radius 3 is 0.632 bits per heavy atom. The molecule has 0 aliphatic rings. The monoisotopic (exact) mass is 572 g/mol. The Hall–Kier alpha value is 1.60. The zero-order chi connectivity index (χ0) is 15.5. The smallest absolute Gasteiger partial charge is 0.132 e. The van der Waals surface area contributed by atoms with E-state index in [-0.39, 0.29) is 26.2 Å². The Kier molecular flexibility index (Phi) is 26.7. The predicted octanol–water partition coefficient (Wildman–Crippen LogP) is 1.91. The molecule has 19 heavy (non-hydrogen) atoms.